The van der Waals surface area contributed by atoms with Gasteiger partial charge in [0.2, 0.25) is 5.91 Å². The van der Waals surface area contributed by atoms with Crippen molar-refractivity contribution in [3.05, 3.63) is 12.3 Å². The lowest BCUT2D eigenvalue weighted by molar-refractivity contribution is -0.143. The lowest BCUT2D eigenvalue weighted by atomic mass is 9.82. The molecule has 1 saturated heterocycles. The van der Waals surface area contributed by atoms with Crippen LogP contribution < -0.4 is 5.32 Å². The fraction of sp³-hybridized carbons (Fsp3) is 0.812. The van der Waals surface area contributed by atoms with Gasteiger partial charge >= 0.3 is 0 Å². The van der Waals surface area contributed by atoms with Crippen LogP contribution in [0.3, 0.4) is 0 Å². The highest BCUT2D eigenvalue weighted by atomic mass is 16.2. The number of rotatable bonds is 6. The Kier molecular flexibility index (Phi) is 5.45. The Balaban J connectivity index is 3.05. The smallest absolute Gasteiger partial charge is 0.245 e. The predicted molar refractivity (Wildman–Crippen MR) is 80.8 cm³/mol. The van der Waals surface area contributed by atoms with Crippen LogP contribution in [0, 0.1) is 5.92 Å². The van der Waals surface area contributed by atoms with Crippen LogP contribution in [0.25, 0.3) is 0 Å². The van der Waals surface area contributed by atoms with E-state index in [4.69, 9.17) is 0 Å². The quantitative estimate of drug-likeness (QED) is 0.800. The Morgan fingerprint density at radius 1 is 1.32 bits per heavy atom. The number of nitrogens with zero attached hydrogens (tertiary/aromatic N) is 1. The summed E-state index contributed by atoms with van der Waals surface area (Å²) in [7, 11) is 0. The molecule has 1 heterocycles. The molecular formula is C16H30N2O. The second-order valence-corrected chi connectivity index (χ2v) is 6.03. The highest BCUT2D eigenvalue weighted by Crippen LogP contribution is 2.35. The summed E-state index contributed by atoms with van der Waals surface area (Å²) in [5.74, 6) is 0.764. The Hall–Kier alpha value is -0.990. The van der Waals surface area contributed by atoms with Gasteiger partial charge in [-0.2, -0.15) is 0 Å². The van der Waals surface area contributed by atoms with Gasteiger partial charge in [0, 0.05) is 12.2 Å². The maximum absolute atomic E-state index is 12.8. The zero-order chi connectivity index (χ0) is 14.6. The minimum Gasteiger partial charge on any atom is -0.376 e. The number of hydrogen-bond donors (Lipinski definition) is 1. The van der Waals surface area contributed by atoms with Gasteiger partial charge in [-0.3, -0.25) is 4.79 Å². The lowest BCUT2D eigenvalue weighted by Gasteiger charge is -2.51. The van der Waals surface area contributed by atoms with Crippen molar-refractivity contribution in [2.24, 2.45) is 5.92 Å². The van der Waals surface area contributed by atoms with Gasteiger partial charge in [-0.05, 0) is 31.6 Å². The molecule has 110 valence electrons. The Morgan fingerprint density at radius 3 is 2.32 bits per heavy atom. The SMILES string of the molecule is C=C1NC(CC(C)C)C(=O)N(CCC)C1(CC)CC. The number of amides is 1. The molecule has 0 aromatic rings. The van der Waals surface area contributed by atoms with E-state index in [9.17, 15) is 4.79 Å². The number of nitrogens with one attached hydrogen (secondary N) is 1. The zero-order valence-corrected chi connectivity index (χ0v) is 13.3. The van der Waals surface area contributed by atoms with Crippen molar-refractivity contribution in [3.63, 3.8) is 0 Å². The molecule has 0 spiro atoms. The largest absolute Gasteiger partial charge is 0.376 e. The molecule has 1 amide bonds. The van der Waals surface area contributed by atoms with Gasteiger partial charge in [0.1, 0.15) is 6.04 Å². The Labute approximate surface area is 118 Å². The van der Waals surface area contributed by atoms with Crippen molar-refractivity contribution in [1.29, 1.82) is 0 Å². The van der Waals surface area contributed by atoms with E-state index in [2.05, 4.69) is 51.4 Å². The summed E-state index contributed by atoms with van der Waals surface area (Å²) >= 11 is 0. The molecule has 1 atom stereocenters. The Bertz CT molecular complexity index is 332. The minimum absolute atomic E-state index is 0.0923. The number of carbonyl (C=O) groups excluding carboxylic acids is 1. The highest BCUT2D eigenvalue weighted by molar-refractivity contribution is 5.85. The molecule has 0 aromatic carbocycles. The van der Waals surface area contributed by atoms with Gasteiger partial charge < -0.3 is 10.2 Å². The van der Waals surface area contributed by atoms with E-state index >= 15 is 0 Å². The fourth-order valence-corrected chi connectivity index (χ4v) is 3.21. The molecule has 3 heteroatoms. The molecule has 1 aliphatic heterocycles. The molecule has 1 unspecified atom stereocenters. The molecule has 1 aliphatic rings. The summed E-state index contributed by atoms with van der Waals surface area (Å²) in [5, 5.41) is 3.39. The van der Waals surface area contributed by atoms with E-state index in [-0.39, 0.29) is 17.5 Å². The van der Waals surface area contributed by atoms with Gasteiger partial charge in [-0.15, -0.1) is 0 Å². The topological polar surface area (TPSA) is 32.3 Å². The van der Waals surface area contributed by atoms with Crippen LogP contribution >= 0.6 is 0 Å². The summed E-state index contributed by atoms with van der Waals surface area (Å²) < 4.78 is 0. The first kappa shape index (κ1) is 16.1. The molecule has 19 heavy (non-hydrogen) atoms. The van der Waals surface area contributed by atoms with Crippen molar-refractivity contribution in [2.45, 2.75) is 71.9 Å². The van der Waals surface area contributed by atoms with E-state index < -0.39 is 0 Å². The number of hydrogen-bond acceptors (Lipinski definition) is 2. The van der Waals surface area contributed by atoms with Crippen molar-refractivity contribution >= 4 is 5.91 Å². The number of carbonyl (C=O) groups is 1. The average Bonchev–Trinajstić information content (AvgIpc) is 2.36. The Morgan fingerprint density at radius 2 is 1.89 bits per heavy atom. The first-order valence-electron chi connectivity index (χ1n) is 7.70. The summed E-state index contributed by atoms with van der Waals surface area (Å²) in [6.45, 7) is 15.8. The van der Waals surface area contributed by atoms with Crippen LogP contribution in [-0.4, -0.2) is 28.9 Å². The van der Waals surface area contributed by atoms with Crippen molar-refractivity contribution in [2.75, 3.05) is 6.54 Å². The summed E-state index contributed by atoms with van der Waals surface area (Å²) in [5.41, 5.74) is 0.830. The molecule has 1 rings (SSSR count). The standard InChI is InChI=1S/C16H30N2O/c1-7-10-18-15(19)14(11-12(4)5)17-13(6)16(18,8-2)9-3/h12,14,17H,6-11H2,1-5H3. The van der Waals surface area contributed by atoms with Crippen LogP contribution in [0.4, 0.5) is 0 Å². The van der Waals surface area contributed by atoms with Gasteiger partial charge in [0.15, 0.2) is 0 Å². The second kappa shape index (κ2) is 6.44. The van der Waals surface area contributed by atoms with Gasteiger partial charge in [-0.25, -0.2) is 0 Å². The van der Waals surface area contributed by atoms with Gasteiger partial charge in [0.25, 0.3) is 0 Å². The maximum Gasteiger partial charge on any atom is 0.245 e. The van der Waals surface area contributed by atoms with E-state index in [0.29, 0.717) is 5.92 Å². The van der Waals surface area contributed by atoms with Crippen molar-refractivity contribution in [3.8, 4) is 0 Å². The van der Waals surface area contributed by atoms with E-state index in [1.807, 2.05) is 0 Å². The lowest BCUT2D eigenvalue weighted by Crippen LogP contribution is -2.65. The molecule has 0 saturated carbocycles. The van der Waals surface area contributed by atoms with Crippen LogP contribution in [0.15, 0.2) is 12.3 Å². The third kappa shape index (κ3) is 2.96. The molecule has 0 aromatic heterocycles. The first-order valence-corrected chi connectivity index (χ1v) is 7.70. The van der Waals surface area contributed by atoms with E-state index in [1.54, 1.807) is 0 Å². The van der Waals surface area contributed by atoms with Crippen molar-refractivity contribution < 1.29 is 4.79 Å². The van der Waals surface area contributed by atoms with Crippen LogP contribution in [0.2, 0.25) is 0 Å². The maximum atomic E-state index is 12.8. The highest BCUT2D eigenvalue weighted by Gasteiger charge is 2.46. The third-order valence-electron chi connectivity index (χ3n) is 4.32. The van der Waals surface area contributed by atoms with E-state index in [1.165, 1.54) is 0 Å². The molecule has 0 radical (unpaired) electrons. The summed E-state index contributed by atoms with van der Waals surface area (Å²) in [6.07, 6.45) is 3.72. The van der Waals surface area contributed by atoms with Gasteiger partial charge in [-0.1, -0.05) is 41.2 Å². The normalized spacial score (nSPS) is 22.8. The second-order valence-electron chi connectivity index (χ2n) is 6.03. The third-order valence-corrected chi connectivity index (χ3v) is 4.32. The van der Waals surface area contributed by atoms with E-state index in [0.717, 1.165) is 37.9 Å². The fourth-order valence-electron chi connectivity index (χ4n) is 3.21. The zero-order valence-electron chi connectivity index (χ0n) is 13.3. The number of piperazine rings is 1. The molecule has 3 nitrogen and oxygen atoms in total. The molecule has 1 N–H and O–H groups in total. The minimum atomic E-state index is -0.194. The van der Waals surface area contributed by atoms with Crippen LogP contribution in [-0.2, 0) is 4.79 Å². The monoisotopic (exact) mass is 266 g/mol. The van der Waals surface area contributed by atoms with Crippen LogP contribution in [0.1, 0.15) is 60.3 Å². The predicted octanol–water partition coefficient (Wildman–Crippen LogP) is 3.32. The molecule has 1 fully saturated rings. The average molecular weight is 266 g/mol. The summed E-state index contributed by atoms with van der Waals surface area (Å²) in [4.78, 5) is 14.8. The molecule has 0 aliphatic carbocycles. The van der Waals surface area contributed by atoms with Crippen molar-refractivity contribution in [1.82, 2.24) is 10.2 Å². The molecular weight excluding hydrogens is 236 g/mol. The molecule has 0 bridgehead atoms. The first-order chi connectivity index (χ1) is 8.92. The summed E-state index contributed by atoms with van der Waals surface area (Å²) in [6, 6.07) is -0.0923. The van der Waals surface area contributed by atoms with Gasteiger partial charge in [0.05, 0.1) is 5.54 Å². The van der Waals surface area contributed by atoms with Crippen LogP contribution in [0.5, 0.6) is 0 Å².